The summed E-state index contributed by atoms with van der Waals surface area (Å²) in [7, 11) is 0. The maximum Gasteiger partial charge on any atom is 0.136 e. The van der Waals surface area contributed by atoms with Gasteiger partial charge in [0.25, 0.3) is 0 Å². The number of aliphatic hydroxyl groups is 1. The molecule has 0 aliphatic carbocycles. The van der Waals surface area contributed by atoms with Gasteiger partial charge in [0.15, 0.2) is 0 Å². The summed E-state index contributed by atoms with van der Waals surface area (Å²) >= 11 is 0. The summed E-state index contributed by atoms with van der Waals surface area (Å²) in [5.74, 6) is 1.84. The summed E-state index contributed by atoms with van der Waals surface area (Å²) < 4.78 is 13.3. The molecular formula is C23H33FN4O. The zero-order valence-corrected chi connectivity index (χ0v) is 18.0. The van der Waals surface area contributed by atoms with Gasteiger partial charge in [-0.3, -0.25) is 4.90 Å². The molecule has 2 heterocycles. The van der Waals surface area contributed by atoms with Gasteiger partial charge >= 0.3 is 0 Å². The van der Waals surface area contributed by atoms with Crippen molar-refractivity contribution < 1.29 is 9.50 Å². The molecule has 6 heteroatoms. The van der Waals surface area contributed by atoms with Crippen LogP contribution in [0.4, 0.5) is 10.2 Å². The van der Waals surface area contributed by atoms with Crippen LogP contribution in [-0.4, -0.2) is 58.8 Å². The monoisotopic (exact) mass is 400 g/mol. The van der Waals surface area contributed by atoms with E-state index in [1.165, 1.54) is 12.1 Å². The Bertz CT molecular complexity index is 801. The van der Waals surface area contributed by atoms with Crippen molar-refractivity contribution in [3.63, 3.8) is 0 Å². The van der Waals surface area contributed by atoms with Crippen LogP contribution in [0, 0.1) is 18.7 Å². The predicted molar refractivity (Wildman–Crippen MR) is 115 cm³/mol. The smallest absolute Gasteiger partial charge is 0.136 e. The van der Waals surface area contributed by atoms with Gasteiger partial charge in [0.05, 0.1) is 6.10 Å². The molecule has 1 aliphatic heterocycles. The maximum atomic E-state index is 13.3. The lowest BCUT2D eigenvalue weighted by molar-refractivity contribution is 0.0738. The van der Waals surface area contributed by atoms with Crippen LogP contribution < -0.4 is 4.90 Å². The van der Waals surface area contributed by atoms with E-state index in [9.17, 15) is 9.50 Å². The molecular weight excluding hydrogens is 367 g/mol. The molecule has 1 N–H and O–H groups in total. The van der Waals surface area contributed by atoms with Crippen molar-refractivity contribution in [2.45, 2.75) is 46.6 Å². The zero-order valence-electron chi connectivity index (χ0n) is 18.0. The van der Waals surface area contributed by atoms with Crippen molar-refractivity contribution in [1.29, 1.82) is 0 Å². The molecule has 158 valence electrons. The number of hydrogen-bond acceptors (Lipinski definition) is 5. The van der Waals surface area contributed by atoms with Crippen LogP contribution >= 0.6 is 0 Å². The zero-order chi connectivity index (χ0) is 21.0. The van der Waals surface area contributed by atoms with Crippen molar-refractivity contribution in [1.82, 2.24) is 14.9 Å². The number of nitrogens with zero attached hydrogens (tertiary/aromatic N) is 4. The van der Waals surface area contributed by atoms with Gasteiger partial charge in [-0.1, -0.05) is 32.9 Å². The van der Waals surface area contributed by atoms with E-state index in [2.05, 4.69) is 35.6 Å². The van der Waals surface area contributed by atoms with Gasteiger partial charge in [-0.15, -0.1) is 0 Å². The summed E-state index contributed by atoms with van der Waals surface area (Å²) in [6.07, 6.45) is 1.25. The minimum absolute atomic E-state index is 0.218. The van der Waals surface area contributed by atoms with E-state index in [1.54, 1.807) is 0 Å². The van der Waals surface area contributed by atoms with Crippen molar-refractivity contribution >= 4 is 5.82 Å². The van der Waals surface area contributed by atoms with Crippen LogP contribution in [0.3, 0.4) is 0 Å². The molecule has 0 radical (unpaired) electrons. The highest BCUT2D eigenvalue weighted by molar-refractivity contribution is 5.52. The number of halogens is 1. The van der Waals surface area contributed by atoms with Crippen molar-refractivity contribution in [3.05, 3.63) is 52.7 Å². The van der Waals surface area contributed by atoms with Gasteiger partial charge in [0, 0.05) is 50.4 Å². The number of aromatic nitrogens is 2. The SMILES string of the molecule is CCc1nc(C)nc(N2CCN(C[C@H](O)C(C)C)CC2)c1Cc1ccc(F)cc1. The Morgan fingerprint density at radius 2 is 1.72 bits per heavy atom. The number of benzene rings is 1. The molecule has 1 aliphatic rings. The van der Waals surface area contributed by atoms with Crippen LogP contribution in [0.2, 0.25) is 0 Å². The third-order valence-electron chi connectivity index (χ3n) is 5.70. The minimum Gasteiger partial charge on any atom is -0.392 e. The molecule has 29 heavy (non-hydrogen) atoms. The summed E-state index contributed by atoms with van der Waals surface area (Å²) in [4.78, 5) is 14.2. The molecule has 3 rings (SSSR count). The Labute approximate surface area is 173 Å². The normalized spacial score (nSPS) is 16.4. The van der Waals surface area contributed by atoms with Gasteiger partial charge in [-0.05, 0) is 37.0 Å². The van der Waals surface area contributed by atoms with E-state index >= 15 is 0 Å². The maximum absolute atomic E-state index is 13.3. The van der Waals surface area contributed by atoms with E-state index in [0.29, 0.717) is 6.42 Å². The Morgan fingerprint density at radius 1 is 1.07 bits per heavy atom. The van der Waals surface area contributed by atoms with Gasteiger partial charge in [-0.2, -0.15) is 0 Å². The summed E-state index contributed by atoms with van der Waals surface area (Å²) in [5.41, 5.74) is 3.27. The number of rotatable bonds is 7. The van der Waals surface area contributed by atoms with Crippen molar-refractivity contribution in [2.24, 2.45) is 5.92 Å². The average Bonchev–Trinajstić information content (AvgIpc) is 2.71. The first-order chi connectivity index (χ1) is 13.9. The number of aliphatic hydroxyl groups excluding tert-OH is 1. The summed E-state index contributed by atoms with van der Waals surface area (Å²) in [6, 6.07) is 6.69. The molecule has 0 bridgehead atoms. The fourth-order valence-electron chi connectivity index (χ4n) is 3.80. The van der Waals surface area contributed by atoms with Crippen LogP contribution in [0.1, 0.15) is 43.4 Å². The first-order valence-electron chi connectivity index (χ1n) is 10.6. The minimum atomic E-state index is -0.288. The highest BCUT2D eigenvalue weighted by Gasteiger charge is 2.24. The average molecular weight is 401 g/mol. The standard InChI is InChI=1S/C23H33FN4O/c1-5-21-20(14-18-6-8-19(24)9-7-18)23(26-17(4)25-21)28-12-10-27(11-13-28)15-22(29)16(2)3/h6-9,16,22,29H,5,10-15H2,1-4H3/t22-/m0/s1. The molecule has 1 fully saturated rings. The first kappa shape index (κ1) is 21.7. The van der Waals surface area contributed by atoms with Gasteiger partial charge < -0.3 is 10.0 Å². The number of aryl methyl sites for hydroxylation is 2. The number of hydrogen-bond donors (Lipinski definition) is 1. The Balaban J connectivity index is 1.80. The Hall–Kier alpha value is -2.05. The molecule has 2 aromatic rings. The summed E-state index contributed by atoms with van der Waals surface area (Å²) in [5, 5.41) is 10.2. The fraction of sp³-hybridized carbons (Fsp3) is 0.565. The molecule has 0 amide bonds. The quantitative estimate of drug-likeness (QED) is 0.773. The fourth-order valence-corrected chi connectivity index (χ4v) is 3.80. The van der Waals surface area contributed by atoms with Crippen molar-refractivity contribution in [2.75, 3.05) is 37.6 Å². The van der Waals surface area contributed by atoms with E-state index in [1.807, 2.05) is 19.1 Å². The Kier molecular flexibility index (Phi) is 7.19. The van der Waals surface area contributed by atoms with E-state index in [0.717, 1.165) is 67.6 Å². The first-order valence-corrected chi connectivity index (χ1v) is 10.6. The lowest BCUT2D eigenvalue weighted by atomic mass is 10.0. The lowest BCUT2D eigenvalue weighted by Crippen LogP contribution is -2.49. The van der Waals surface area contributed by atoms with E-state index < -0.39 is 0 Å². The van der Waals surface area contributed by atoms with E-state index in [4.69, 9.17) is 4.98 Å². The molecule has 1 saturated heterocycles. The third kappa shape index (κ3) is 5.52. The highest BCUT2D eigenvalue weighted by Crippen LogP contribution is 2.26. The third-order valence-corrected chi connectivity index (χ3v) is 5.70. The molecule has 1 aromatic heterocycles. The highest BCUT2D eigenvalue weighted by atomic mass is 19.1. The largest absolute Gasteiger partial charge is 0.392 e. The lowest BCUT2D eigenvalue weighted by Gasteiger charge is -2.37. The van der Waals surface area contributed by atoms with Crippen LogP contribution in [0.5, 0.6) is 0 Å². The second-order valence-corrected chi connectivity index (χ2v) is 8.28. The second kappa shape index (κ2) is 9.63. The van der Waals surface area contributed by atoms with Gasteiger partial charge in [0.2, 0.25) is 0 Å². The predicted octanol–water partition coefficient (Wildman–Crippen LogP) is 3.22. The number of piperazine rings is 1. The molecule has 5 nitrogen and oxygen atoms in total. The second-order valence-electron chi connectivity index (χ2n) is 8.28. The molecule has 0 saturated carbocycles. The molecule has 1 aromatic carbocycles. The molecule has 1 atom stereocenters. The van der Waals surface area contributed by atoms with Crippen molar-refractivity contribution in [3.8, 4) is 0 Å². The number of anilines is 1. The van der Waals surface area contributed by atoms with E-state index in [-0.39, 0.29) is 17.8 Å². The topological polar surface area (TPSA) is 52.5 Å². The van der Waals surface area contributed by atoms with Gasteiger partial charge in [-0.25, -0.2) is 14.4 Å². The van der Waals surface area contributed by atoms with Crippen LogP contribution in [-0.2, 0) is 12.8 Å². The molecule has 0 spiro atoms. The number of β-amino-alcohol motifs (C(OH)–C–C–N with tert-alkyl or cyclic N) is 1. The summed E-state index contributed by atoms with van der Waals surface area (Å²) in [6.45, 7) is 12.5. The van der Waals surface area contributed by atoms with Crippen LogP contribution in [0.15, 0.2) is 24.3 Å². The van der Waals surface area contributed by atoms with Gasteiger partial charge in [0.1, 0.15) is 17.5 Å². The van der Waals surface area contributed by atoms with Crippen LogP contribution in [0.25, 0.3) is 0 Å². The molecule has 0 unspecified atom stereocenters. The Morgan fingerprint density at radius 3 is 2.31 bits per heavy atom.